The van der Waals surface area contributed by atoms with Gasteiger partial charge in [0.2, 0.25) is 0 Å². The topological polar surface area (TPSA) is 55.6 Å². The minimum Gasteiger partial charge on any atom is -0.497 e. The minimum absolute atomic E-state index is 0.0980. The number of hydrogen-bond acceptors (Lipinski definition) is 4. The summed E-state index contributed by atoms with van der Waals surface area (Å²) in [6.07, 6.45) is 0.890. The highest BCUT2D eigenvalue weighted by Gasteiger charge is 2.26. The smallest absolute Gasteiger partial charge is 0.264 e. The predicted molar refractivity (Wildman–Crippen MR) is 89.5 cm³/mol. The van der Waals surface area contributed by atoms with E-state index < -0.39 is 0 Å². The zero-order chi connectivity index (χ0) is 15.7. The van der Waals surface area contributed by atoms with Crippen molar-refractivity contribution >= 4 is 17.2 Å². The molecular weight excluding hydrogens is 296 g/mol. The molecule has 1 aliphatic heterocycles. The van der Waals surface area contributed by atoms with Gasteiger partial charge < -0.3 is 15.4 Å². The number of methoxy groups -OCH3 is 1. The zero-order valence-corrected chi connectivity index (χ0v) is 13.7. The molecule has 4 nitrogen and oxygen atoms in total. The molecule has 1 aromatic carbocycles. The molecule has 0 radical (unpaired) electrons. The molecule has 1 fully saturated rings. The standard InChI is InChI=1S/C17H20N2O2S/c1-11-15(12-3-5-14(21-2)6-4-12)9-16(22-11)17(20)19-8-7-13(18)10-19/h3-6,9,13H,7-8,10,18H2,1-2H3/t13-/m1/s1. The molecule has 2 aromatic rings. The lowest BCUT2D eigenvalue weighted by Crippen LogP contribution is -2.31. The van der Waals surface area contributed by atoms with Gasteiger partial charge in [0, 0.05) is 24.0 Å². The number of nitrogens with two attached hydrogens (primary N) is 1. The molecule has 1 saturated heterocycles. The third-order valence-electron chi connectivity index (χ3n) is 4.04. The van der Waals surface area contributed by atoms with Crippen LogP contribution in [0, 0.1) is 6.92 Å². The van der Waals surface area contributed by atoms with E-state index in [1.807, 2.05) is 35.2 Å². The van der Waals surface area contributed by atoms with Crippen LogP contribution in [0.2, 0.25) is 0 Å². The maximum Gasteiger partial charge on any atom is 0.264 e. The van der Waals surface area contributed by atoms with Crippen LogP contribution in [-0.4, -0.2) is 37.0 Å². The van der Waals surface area contributed by atoms with Crippen LogP contribution < -0.4 is 10.5 Å². The highest BCUT2D eigenvalue weighted by atomic mass is 32.1. The molecule has 2 N–H and O–H groups in total. The van der Waals surface area contributed by atoms with E-state index in [0.29, 0.717) is 6.54 Å². The SMILES string of the molecule is COc1ccc(-c2cc(C(=O)N3CC[C@@H](N)C3)sc2C)cc1. The van der Waals surface area contributed by atoms with E-state index in [-0.39, 0.29) is 11.9 Å². The first-order valence-electron chi connectivity index (χ1n) is 7.38. The van der Waals surface area contributed by atoms with Crippen molar-refractivity contribution in [2.24, 2.45) is 5.73 Å². The molecule has 0 bridgehead atoms. The zero-order valence-electron chi connectivity index (χ0n) is 12.8. The molecular formula is C17H20N2O2S. The van der Waals surface area contributed by atoms with Crippen LogP contribution in [0.3, 0.4) is 0 Å². The fourth-order valence-electron chi connectivity index (χ4n) is 2.77. The van der Waals surface area contributed by atoms with E-state index in [1.54, 1.807) is 18.4 Å². The summed E-state index contributed by atoms with van der Waals surface area (Å²) in [6.45, 7) is 3.47. The lowest BCUT2D eigenvalue weighted by Gasteiger charge is -2.14. The van der Waals surface area contributed by atoms with E-state index in [2.05, 4.69) is 6.92 Å². The number of hydrogen-bond donors (Lipinski definition) is 1. The Hall–Kier alpha value is -1.85. The van der Waals surface area contributed by atoms with Crippen LogP contribution in [0.5, 0.6) is 5.75 Å². The Bertz CT molecular complexity index is 678. The van der Waals surface area contributed by atoms with Gasteiger partial charge in [-0.25, -0.2) is 0 Å². The van der Waals surface area contributed by atoms with Crippen LogP contribution in [0.25, 0.3) is 11.1 Å². The van der Waals surface area contributed by atoms with E-state index in [9.17, 15) is 4.79 Å². The Balaban J connectivity index is 1.85. The summed E-state index contributed by atoms with van der Waals surface area (Å²) in [7, 11) is 1.66. The number of likely N-dealkylation sites (tertiary alicyclic amines) is 1. The number of carbonyl (C=O) groups is 1. The normalized spacial score (nSPS) is 17.8. The van der Waals surface area contributed by atoms with Crippen molar-refractivity contribution < 1.29 is 9.53 Å². The first-order valence-corrected chi connectivity index (χ1v) is 8.20. The summed E-state index contributed by atoms with van der Waals surface area (Å²) >= 11 is 1.55. The maximum absolute atomic E-state index is 12.6. The summed E-state index contributed by atoms with van der Waals surface area (Å²) in [5.74, 6) is 0.930. The van der Waals surface area contributed by atoms with Crippen molar-refractivity contribution in [3.8, 4) is 16.9 Å². The lowest BCUT2D eigenvalue weighted by molar-refractivity contribution is 0.0795. The van der Waals surface area contributed by atoms with E-state index >= 15 is 0 Å². The summed E-state index contributed by atoms with van der Waals surface area (Å²) in [6, 6.07) is 10.0. The van der Waals surface area contributed by atoms with Crippen molar-refractivity contribution in [3.05, 3.63) is 40.1 Å². The third-order valence-corrected chi connectivity index (χ3v) is 5.08. The van der Waals surface area contributed by atoms with Crippen molar-refractivity contribution in [1.82, 2.24) is 4.90 Å². The van der Waals surface area contributed by atoms with Crippen LogP contribution in [0.4, 0.5) is 0 Å². The average Bonchev–Trinajstić information content (AvgIpc) is 3.13. The molecule has 0 aliphatic carbocycles. The molecule has 1 amide bonds. The fraction of sp³-hybridized carbons (Fsp3) is 0.353. The molecule has 3 rings (SSSR count). The van der Waals surface area contributed by atoms with E-state index in [4.69, 9.17) is 10.5 Å². The molecule has 2 heterocycles. The highest BCUT2D eigenvalue weighted by molar-refractivity contribution is 7.14. The van der Waals surface area contributed by atoms with Gasteiger partial charge in [0.05, 0.1) is 12.0 Å². The summed E-state index contributed by atoms with van der Waals surface area (Å²) < 4.78 is 5.19. The number of benzene rings is 1. The predicted octanol–water partition coefficient (Wildman–Crippen LogP) is 2.91. The van der Waals surface area contributed by atoms with Crippen LogP contribution in [0.15, 0.2) is 30.3 Å². The van der Waals surface area contributed by atoms with Crippen molar-refractivity contribution in [2.45, 2.75) is 19.4 Å². The molecule has 22 heavy (non-hydrogen) atoms. The van der Waals surface area contributed by atoms with E-state index in [1.165, 1.54) is 0 Å². The highest BCUT2D eigenvalue weighted by Crippen LogP contribution is 2.33. The summed E-state index contributed by atoms with van der Waals surface area (Å²) in [4.78, 5) is 16.3. The molecule has 0 spiro atoms. The maximum atomic E-state index is 12.6. The number of carbonyl (C=O) groups excluding carboxylic acids is 1. The van der Waals surface area contributed by atoms with Gasteiger partial charge in [0.15, 0.2) is 0 Å². The Labute approximate surface area is 134 Å². The summed E-state index contributed by atoms with van der Waals surface area (Å²) in [5.41, 5.74) is 8.11. The number of rotatable bonds is 3. The van der Waals surface area contributed by atoms with Gasteiger partial charge in [0.25, 0.3) is 5.91 Å². The Kier molecular flexibility index (Phi) is 4.18. The monoisotopic (exact) mass is 316 g/mol. The van der Waals surface area contributed by atoms with Gasteiger partial charge >= 0.3 is 0 Å². The largest absolute Gasteiger partial charge is 0.497 e. The van der Waals surface area contributed by atoms with Crippen molar-refractivity contribution in [2.75, 3.05) is 20.2 Å². The Morgan fingerprint density at radius 2 is 2.09 bits per heavy atom. The molecule has 5 heteroatoms. The van der Waals surface area contributed by atoms with Gasteiger partial charge in [-0.1, -0.05) is 12.1 Å². The van der Waals surface area contributed by atoms with Gasteiger partial charge in [-0.15, -0.1) is 11.3 Å². The van der Waals surface area contributed by atoms with Crippen LogP contribution in [-0.2, 0) is 0 Å². The molecule has 116 valence electrons. The second kappa shape index (κ2) is 6.10. The number of nitrogens with zero attached hydrogens (tertiary/aromatic N) is 1. The number of thiophene rings is 1. The number of aryl methyl sites for hydroxylation is 1. The van der Waals surface area contributed by atoms with Crippen LogP contribution in [0.1, 0.15) is 21.0 Å². The second-order valence-corrected chi connectivity index (χ2v) is 6.87. The molecule has 0 saturated carbocycles. The first kappa shape index (κ1) is 15.1. The molecule has 1 atom stereocenters. The van der Waals surface area contributed by atoms with Crippen LogP contribution >= 0.6 is 11.3 Å². The molecule has 1 aliphatic rings. The molecule has 1 aromatic heterocycles. The quantitative estimate of drug-likeness (QED) is 0.947. The second-order valence-electron chi connectivity index (χ2n) is 5.61. The Morgan fingerprint density at radius 3 is 2.68 bits per heavy atom. The minimum atomic E-state index is 0.0980. The Morgan fingerprint density at radius 1 is 1.36 bits per heavy atom. The fourth-order valence-corrected chi connectivity index (χ4v) is 3.78. The van der Waals surface area contributed by atoms with Gasteiger partial charge in [-0.3, -0.25) is 4.79 Å². The lowest BCUT2D eigenvalue weighted by atomic mass is 10.1. The number of amides is 1. The van der Waals surface area contributed by atoms with Crippen molar-refractivity contribution in [3.63, 3.8) is 0 Å². The first-order chi connectivity index (χ1) is 10.6. The molecule has 0 unspecified atom stereocenters. The number of ether oxygens (including phenoxy) is 1. The average molecular weight is 316 g/mol. The summed E-state index contributed by atoms with van der Waals surface area (Å²) in [5, 5.41) is 0. The van der Waals surface area contributed by atoms with Gasteiger partial charge in [-0.2, -0.15) is 0 Å². The van der Waals surface area contributed by atoms with E-state index in [0.717, 1.165) is 39.6 Å². The van der Waals surface area contributed by atoms with Gasteiger partial charge in [-0.05, 0) is 42.7 Å². The third kappa shape index (κ3) is 2.87. The van der Waals surface area contributed by atoms with Gasteiger partial charge in [0.1, 0.15) is 5.75 Å². The van der Waals surface area contributed by atoms with Crippen molar-refractivity contribution in [1.29, 1.82) is 0 Å².